The topological polar surface area (TPSA) is 84.9 Å². The van der Waals surface area contributed by atoms with Crippen LogP contribution in [0, 0.1) is 0 Å². The molecular weight excluding hydrogens is 368 g/mol. The molecule has 1 N–H and O–H groups in total. The minimum Gasteiger partial charge on any atom is -0.485 e. The van der Waals surface area contributed by atoms with E-state index in [1.165, 1.54) is 0 Å². The van der Waals surface area contributed by atoms with Crippen molar-refractivity contribution in [3.05, 3.63) is 28.8 Å². The van der Waals surface area contributed by atoms with E-state index < -0.39 is 27.9 Å². The van der Waals surface area contributed by atoms with Gasteiger partial charge in [0.2, 0.25) is 5.91 Å². The molecule has 7 nitrogen and oxygen atoms in total. The molecule has 0 saturated carbocycles. The number of hydrogen-bond acceptors (Lipinski definition) is 6. The van der Waals surface area contributed by atoms with Crippen LogP contribution in [0.1, 0.15) is 25.5 Å². The molecule has 2 aliphatic rings. The lowest BCUT2D eigenvalue weighted by Gasteiger charge is -2.48. The molecule has 1 fully saturated rings. The maximum absolute atomic E-state index is 12.5. The molecule has 9 heteroatoms. The summed E-state index contributed by atoms with van der Waals surface area (Å²) in [6.07, 6.45) is 0.100. The molecule has 1 amide bonds. The number of halogens is 1. The fraction of sp³-hybridized carbons (Fsp3) is 0.562. The van der Waals surface area contributed by atoms with Crippen LogP contribution in [-0.4, -0.2) is 56.8 Å². The summed E-state index contributed by atoms with van der Waals surface area (Å²) in [4.78, 5) is 14.1. The highest BCUT2D eigenvalue weighted by Crippen LogP contribution is 2.45. The van der Waals surface area contributed by atoms with Crippen molar-refractivity contribution in [2.45, 2.75) is 31.6 Å². The van der Waals surface area contributed by atoms with Crippen molar-refractivity contribution in [1.29, 1.82) is 0 Å². The third-order valence-corrected chi connectivity index (χ3v) is 5.17. The van der Waals surface area contributed by atoms with Crippen molar-refractivity contribution < 1.29 is 22.1 Å². The fourth-order valence-electron chi connectivity index (χ4n) is 3.33. The molecule has 0 aromatic heterocycles. The highest BCUT2D eigenvalue weighted by Gasteiger charge is 2.50. The monoisotopic (exact) mass is 388 g/mol. The van der Waals surface area contributed by atoms with Crippen molar-refractivity contribution in [2.24, 2.45) is 0 Å². The van der Waals surface area contributed by atoms with E-state index in [1.54, 1.807) is 36.9 Å². The smallest absolute Gasteiger partial charge is 0.264 e. The van der Waals surface area contributed by atoms with E-state index in [0.29, 0.717) is 29.4 Å². The number of fused-ring (bicyclic) bond motifs is 1. The van der Waals surface area contributed by atoms with E-state index in [-0.39, 0.29) is 12.5 Å². The van der Waals surface area contributed by atoms with E-state index >= 15 is 0 Å². The Morgan fingerprint density at radius 3 is 2.76 bits per heavy atom. The zero-order chi connectivity index (χ0) is 18.4. The lowest BCUT2D eigenvalue weighted by Crippen LogP contribution is -2.59. The Labute approximate surface area is 152 Å². The number of nitrogens with zero attached hydrogens (tertiary/aromatic N) is 1. The summed E-state index contributed by atoms with van der Waals surface area (Å²) < 4.78 is 35.1. The Morgan fingerprint density at radius 1 is 1.40 bits per heavy atom. The van der Waals surface area contributed by atoms with Gasteiger partial charge in [-0.05, 0) is 32.0 Å². The summed E-state index contributed by atoms with van der Waals surface area (Å²) in [6.45, 7) is 4.75. The van der Waals surface area contributed by atoms with Crippen LogP contribution in [0.3, 0.4) is 0 Å². The van der Waals surface area contributed by atoms with Gasteiger partial charge < -0.3 is 15.0 Å². The number of nitrogens with one attached hydrogen (secondary N) is 1. The summed E-state index contributed by atoms with van der Waals surface area (Å²) >= 11 is 6.14. The minimum atomic E-state index is -3.76. The van der Waals surface area contributed by atoms with Crippen LogP contribution in [0.15, 0.2) is 18.2 Å². The zero-order valence-electron chi connectivity index (χ0n) is 14.3. The van der Waals surface area contributed by atoms with E-state index in [2.05, 4.69) is 5.32 Å². The second kappa shape index (κ2) is 6.42. The molecular formula is C16H21ClN2O5S. The lowest BCUT2D eigenvalue weighted by molar-refractivity contribution is -0.143. The summed E-state index contributed by atoms with van der Waals surface area (Å²) in [6, 6.07) is 4.52. The first kappa shape index (κ1) is 18.4. The first-order valence-electron chi connectivity index (χ1n) is 7.95. The molecule has 1 saturated heterocycles. The lowest BCUT2D eigenvalue weighted by atomic mass is 9.85. The number of carbonyl (C=O) groups excluding carboxylic acids is 1. The van der Waals surface area contributed by atoms with E-state index in [0.717, 1.165) is 6.26 Å². The van der Waals surface area contributed by atoms with Crippen molar-refractivity contribution in [3.8, 4) is 5.75 Å². The van der Waals surface area contributed by atoms with Crippen LogP contribution < -0.4 is 10.1 Å². The Balaban J connectivity index is 2.15. The Hall–Kier alpha value is -1.35. The first-order valence-corrected chi connectivity index (χ1v) is 10.1. The van der Waals surface area contributed by atoms with Gasteiger partial charge in [0.1, 0.15) is 17.5 Å². The van der Waals surface area contributed by atoms with Crippen LogP contribution in [0.4, 0.5) is 0 Å². The van der Waals surface area contributed by atoms with Gasteiger partial charge in [-0.2, -0.15) is 8.42 Å². The number of piperazine rings is 1. The SMILES string of the molecule is CC1(C)Oc2ccc(Cl)cc2[C@@H](N2CCNCC2=O)[C@@H]1OS(C)(=O)=O. The van der Waals surface area contributed by atoms with Gasteiger partial charge in [0.25, 0.3) is 10.1 Å². The van der Waals surface area contributed by atoms with Gasteiger partial charge in [-0.15, -0.1) is 0 Å². The fourth-order valence-corrected chi connectivity index (χ4v) is 4.23. The normalized spacial score (nSPS) is 26.1. The summed E-state index contributed by atoms with van der Waals surface area (Å²) in [7, 11) is -3.76. The second-order valence-corrected chi connectivity index (χ2v) is 8.85. The average Bonchev–Trinajstić information content (AvgIpc) is 2.48. The largest absolute Gasteiger partial charge is 0.485 e. The molecule has 1 aromatic rings. The number of carbonyl (C=O) groups is 1. The first-order chi connectivity index (χ1) is 11.6. The van der Waals surface area contributed by atoms with Gasteiger partial charge >= 0.3 is 0 Å². The van der Waals surface area contributed by atoms with Crippen molar-refractivity contribution in [3.63, 3.8) is 0 Å². The molecule has 2 atom stereocenters. The quantitative estimate of drug-likeness (QED) is 0.786. The number of rotatable bonds is 3. The van der Waals surface area contributed by atoms with Gasteiger partial charge in [-0.1, -0.05) is 11.6 Å². The molecule has 0 aliphatic carbocycles. The van der Waals surface area contributed by atoms with Crippen LogP contribution in [0.5, 0.6) is 5.75 Å². The Kier molecular flexibility index (Phi) is 4.74. The summed E-state index contributed by atoms with van der Waals surface area (Å²) in [5.41, 5.74) is -0.310. The number of amides is 1. The standard InChI is InChI=1S/C16H21ClN2O5S/c1-16(2)15(24-25(3,21)22)14(19-7-6-18-9-13(19)20)11-8-10(17)4-5-12(11)23-16/h4-5,8,14-15,18H,6-7,9H2,1-3H3/t14-,15+/m1/s1. The van der Waals surface area contributed by atoms with Crippen molar-refractivity contribution in [2.75, 3.05) is 25.9 Å². The Morgan fingerprint density at radius 2 is 2.12 bits per heavy atom. The molecule has 3 rings (SSSR count). The van der Waals surface area contributed by atoms with Gasteiger partial charge in [0, 0.05) is 23.7 Å². The second-order valence-electron chi connectivity index (χ2n) is 6.82. The zero-order valence-corrected chi connectivity index (χ0v) is 15.9. The molecule has 2 heterocycles. The van der Waals surface area contributed by atoms with Crippen LogP contribution >= 0.6 is 11.6 Å². The van der Waals surface area contributed by atoms with Gasteiger partial charge in [0.15, 0.2) is 0 Å². The highest BCUT2D eigenvalue weighted by atomic mass is 35.5. The van der Waals surface area contributed by atoms with E-state index in [4.69, 9.17) is 20.5 Å². The molecule has 0 unspecified atom stereocenters. The molecule has 1 aromatic carbocycles. The van der Waals surface area contributed by atoms with Crippen LogP contribution in [0.2, 0.25) is 5.02 Å². The predicted molar refractivity (Wildman–Crippen MR) is 93.2 cm³/mol. The molecule has 0 radical (unpaired) electrons. The van der Waals surface area contributed by atoms with Crippen molar-refractivity contribution in [1.82, 2.24) is 10.2 Å². The molecule has 25 heavy (non-hydrogen) atoms. The van der Waals surface area contributed by atoms with Crippen molar-refractivity contribution >= 4 is 27.6 Å². The average molecular weight is 389 g/mol. The molecule has 0 bridgehead atoms. The van der Waals surface area contributed by atoms with Gasteiger partial charge in [-0.25, -0.2) is 0 Å². The molecule has 0 spiro atoms. The minimum absolute atomic E-state index is 0.123. The van der Waals surface area contributed by atoms with Crippen LogP contribution in [0.25, 0.3) is 0 Å². The molecule has 138 valence electrons. The third kappa shape index (κ3) is 3.76. The summed E-state index contributed by atoms with van der Waals surface area (Å²) in [5, 5.41) is 3.49. The molecule has 2 aliphatic heterocycles. The predicted octanol–water partition coefficient (Wildman–Crippen LogP) is 1.33. The van der Waals surface area contributed by atoms with Crippen LogP contribution in [-0.2, 0) is 19.1 Å². The number of hydrogen-bond donors (Lipinski definition) is 1. The summed E-state index contributed by atoms with van der Waals surface area (Å²) in [5.74, 6) is 0.445. The third-order valence-electron chi connectivity index (χ3n) is 4.38. The van der Waals surface area contributed by atoms with Gasteiger partial charge in [0.05, 0.1) is 18.8 Å². The maximum atomic E-state index is 12.5. The highest BCUT2D eigenvalue weighted by molar-refractivity contribution is 7.86. The van der Waals surface area contributed by atoms with Gasteiger partial charge in [-0.3, -0.25) is 8.98 Å². The number of ether oxygens (including phenoxy) is 1. The maximum Gasteiger partial charge on any atom is 0.264 e. The number of benzene rings is 1. The van der Waals surface area contributed by atoms with E-state index in [9.17, 15) is 13.2 Å². The van der Waals surface area contributed by atoms with E-state index in [1.807, 2.05) is 0 Å². The Bertz CT molecular complexity index is 796.